The van der Waals surface area contributed by atoms with Crippen molar-refractivity contribution in [3.63, 3.8) is 0 Å². The standard InChI is InChI=1S/C15H22N2O3/c1-3-16-9-11(2)14(18)17-10-13(15(19)20)12-7-5-4-6-8-12/h4-8,11,13,16H,3,9-10H2,1-2H3,(H,17,18)(H,19,20). The van der Waals surface area contributed by atoms with E-state index in [2.05, 4.69) is 10.6 Å². The zero-order valence-electron chi connectivity index (χ0n) is 11.9. The van der Waals surface area contributed by atoms with E-state index in [4.69, 9.17) is 0 Å². The first-order valence-corrected chi connectivity index (χ1v) is 6.82. The minimum absolute atomic E-state index is 0.106. The third kappa shape index (κ3) is 5.01. The van der Waals surface area contributed by atoms with Crippen LogP contribution >= 0.6 is 0 Å². The molecule has 1 aromatic carbocycles. The molecule has 2 unspecified atom stereocenters. The molecule has 0 spiro atoms. The summed E-state index contributed by atoms with van der Waals surface area (Å²) in [5.41, 5.74) is 0.694. The fourth-order valence-corrected chi connectivity index (χ4v) is 1.86. The van der Waals surface area contributed by atoms with E-state index in [9.17, 15) is 14.7 Å². The smallest absolute Gasteiger partial charge is 0.312 e. The molecule has 110 valence electrons. The lowest BCUT2D eigenvalue weighted by Crippen LogP contribution is -2.38. The van der Waals surface area contributed by atoms with Crippen LogP contribution in [-0.4, -0.2) is 36.6 Å². The SMILES string of the molecule is CCNCC(C)C(=O)NCC(C(=O)O)c1ccccc1. The predicted octanol–water partition coefficient (Wildman–Crippen LogP) is 1.22. The Morgan fingerprint density at radius 2 is 1.85 bits per heavy atom. The molecule has 0 aliphatic carbocycles. The van der Waals surface area contributed by atoms with Crippen LogP contribution in [0, 0.1) is 5.92 Å². The second-order valence-corrected chi connectivity index (χ2v) is 4.76. The average Bonchev–Trinajstić information content (AvgIpc) is 2.45. The van der Waals surface area contributed by atoms with Gasteiger partial charge in [-0.1, -0.05) is 44.2 Å². The Morgan fingerprint density at radius 1 is 1.20 bits per heavy atom. The molecular weight excluding hydrogens is 256 g/mol. The molecule has 20 heavy (non-hydrogen) atoms. The van der Waals surface area contributed by atoms with Crippen molar-refractivity contribution < 1.29 is 14.7 Å². The first-order valence-electron chi connectivity index (χ1n) is 6.82. The maximum absolute atomic E-state index is 11.9. The molecule has 0 heterocycles. The minimum atomic E-state index is -0.934. The van der Waals surface area contributed by atoms with E-state index in [0.717, 1.165) is 6.54 Å². The van der Waals surface area contributed by atoms with E-state index < -0.39 is 11.9 Å². The molecule has 1 rings (SSSR count). The number of rotatable bonds is 8. The molecule has 5 heteroatoms. The summed E-state index contributed by atoms with van der Waals surface area (Å²) in [6.45, 7) is 5.29. The molecule has 0 aromatic heterocycles. The maximum atomic E-state index is 11.9. The topological polar surface area (TPSA) is 78.4 Å². The number of aliphatic carboxylic acids is 1. The highest BCUT2D eigenvalue weighted by molar-refractivity contribution is 5.81. The Morgan fingerprint density at radius 3 is 2.40 bits per heavy atom. The number of hydrogen-bond acceptors (Lipinski definition) is 3. The molecular formula is C15H22N2O3. The van der Waals surface area contributed by atoms with Crippen LogP contribution in [0.15, 0.2) is 30.3 Å². The number of carboxylic acids is 1. The van der Waals surface area contributed by atoms with Crippen molar-refractivity contribution in [3.05, 3.63) is 35.9 Å². The van der Waals surface area contributed by atoms with E-state index >= 15 is 0 Å². The van der Waals surface area contributed by atoms with Crippen LogP contribution < -0.4 is 10.6 Å². The van der Waals surface area contributed by atoms with Crippen molar-refractivity contribution in [3.8, 4) is 0 Å². The largest absolute Gasteiger partial charge is 0.481 e. The Bertz CT molecular complexity index is 434. The van der Waals surface area contributed by atoms with E-state index in [0.29, 0.717) is 12.1 Å². The Kier molecular flexibility index (Phi) is 6.73. The lowest BCUT2D eigenvalue weighted by atomic mass is 9.99. The van der Waals surface area contributed by atoms with Gasteiger partial charge in [0.2, 0.25) is 5.91 Å². The van der Waals surface area contributed by atoms with Crippen LogP contribution in [0.4, 0.5) is 0 Å². The number of carbonyl (C=O) groups excluding carboxylic acids is 1. The van der Waals surface area contributed by atoms with Gasteiger partial charge in [0.05, 0.1) is 5.92 Å². The molecule has 0 fully saturated rings. The molecule has 1 aromatic rings. The summed E-state index contributed by atoms with van der Waals surface area (Å²) in [6, 6.07) is 8.93. The highest BCUT2D eigenvalue weighted by atomic mass is 16.4. The van der Waals surface area contributed by atoms with Crippen molar-refractivity contribution >= 4 is 11.9 Å². The average molecular weight is 278 g/mol. The first-order chi connectivity index (χ1) is 9.56. The van der Waals surface area contributed by atoms with E-state index in [1.54, 1.807) is 24.3 Å². The van der Waals surface area contributed by atoms with E-state index in [1.807, 2.05) is 19.9 Å². The van der Waals surface area contributed by atoms with Crippen LogP contribution in [0.25, 0.3) is 0 Å². The number of benzene rings is 1. The fraction of sp³-hybridized carbons (Fsp3) is 0.467. The first kappa shape index (κ1) is 16.2. The van der Waals surface area contributed by atoms with Gasteiger partial charge in [0.1, 0.15) is 0 Å². The summed E-state index contributed by atoms with van der Waals surface area (Å²) in [5.74, 6) is -1.96. The molecule has 0 bridgehead atoms. The van der Waals surface area contributed by atoms with Gasteiger partial charge in [-0.25, -0.2) is 0 Å². The van der Waals surface area contributed by atoms with Crippen molar-refractivity contribution in [2.24, 2.45) is 5.92 Å². The summed E-state index contributed by atoms with van der Waals surface area (Å²) in [5, 5.41) is 15.1. The van der Waals surface area contributed by atoms with Gasteiger partial charge < -0.3 is 15.7 Å². The van der Waals surface area contributed by atoms with E-state index in [1.165, 1.54) is 0 Å². The molecule has 1 amide bonds. The zero-order chi connectivity index (χ0) is 15.0. The molecule has 0 aliphatic rings. The van der Waals surface area contributed by atoms with E-state index in [-0.39, 0.29) is 18.4 Å². The van der Waals surface area contributed by atoms with Gasteiger partial charge >= 0.3 is 5.97 Å². The van der Waals surface area contributed by atoms with Crippen LogP contribution in [0.5, 0.6) is 0 Å². The lowest BCUT2D eigenvalue weighted by Gasteiger charge is -2.16. The van der Waals surface area contributed by atoms with Crippen LogP contribution in [0.2, 0.25) is 0 Å². The molecule has 0 saturated heterocycles. The lowest BCUT2D eigenvalue weighted by molar-refractivity contribution is -0.138. The van der Waals surface area contributed by atoms with Crippen molar-refractivity contribution in [2.45, 2.75) is 19.8 Å². The summed E-state index contributed by atoms with van der Waals surface area (Å²) in [4.78, 5) is 23.2. The second kappa shape index (κ2) is 8.32. The molecule has 0 radical (unpaired) electrons. The molecule has 0 saturated carbocycles. The number of amides is 1. The zero-order valence-corrected chi connectivity index (χ0v) is 11.9. The second-order valence-electron chi connectivity index (χ2n) is 4.76. The molecule has 0 aliphatic heterocycles. The third-order valence-electron chi connectivity index (χ3n) is 3.13. The monoisotopic (exact) mass is 278 g/mol. The molecule has 3 N–H and O–H groups in total. The molecule has 5 nitrogen and oxygen atoms in total. The highest BCUT2D eigenvalue weighted by Crippen LogP contribution is 2.14. The summed E-state index contributed by atoms with van der Waals surface area (Å²) < 4.78 is 0. The number of carboxylic acid groups (broad SMARTS) is 1. The van der Waals surface area contributed by atoms with Gasteiger partial charge in [-0.3, -0.25) is 9.59 Å². The summed E-state index contributed by atoms with van der Waals surface area (Å²) in [7, 11) is 0. The van der Waals surface area contributed by atoms with Gasteiger partial charge in [-0.2, -0.15) is 0 Å². The summed E-state index contributed by atoms with van der Waals surface area (Å²) in [6.07, 6.45) is 0. The number of hydrogen-bond donors (Lipinski definition) is 3. The molecule has 2 atom stereocenters. The van der Waals surface area contributed by atoms with Crippen LogP contribution in [0.3, 0.4) is 0 Å². The van der Waals surface area contributed by atoms with Gasteiger partial charge in [-0.15, -0.1) is 0 Å². The highest BCUT2D eigenvalue weighted by Gasteiger charge is 2.21. The van der Waals surface area contributed by atoms with Gasteiger partial charge in [0, 0.05) is 19.0 Å². The Balaban J connectivity index is 2.56. The Labute approximate surface area is 119 Å². The van der Waals surface area contributed by atoms with Gasteiger partial charge in [-0.05, 0) is 12.1 Å². The van der Waals surface area contributed by atoms with Crippen molar-refractivity contribution in [2.75, 3.05) is 19.6 Å². The third-order valence-corrected chi connectivity index (χ3v) is 3.13. The maximum Gasteiger partial charge on any atom is 0.312 e. The van der Waals surface area contributed by atoms with Gasteiger partial charge in [0.25, 0.3) is 0 Å². The van der Waals surface area contributed by atoms with Gasteiger partial charge in [0.15, 0.2) is 0 Å². The predicted molar refractivity (Wildman–Crippen MR) is 77.5 cm³/mol. The quantitative estimate of drug-likeness (QED) is 0.668. The van der Waals surface area contributed by atoms with Crippen LogP contribution in [0.1, 0.15) is 25.3 Å². The normalized spacial score (nSPS) is 13.5. The Hall–Kier alpha value is -1.88. The van der Waals surface area contributed by atoms with Crippen molar-refractivity contribution in [1.29, 1.82) is 0 Å². The number of carbonyl (C=O) groups is 2. The fourth-order valence-electron chi connectivity index (χ4n) is 1.86. The van der Waals surface area contributed by atoms with Crippen LogP contribution in [-0.2, 0) is 9.59 Å². The minimum Gasteiger partial charge on any atom is -0.481 e. The number of nitrogens with one attached hydrogen (secondary N) is 2. The van der Waals surface area contributed by atoms with Crippen molar-refractivity contribution in [1.82, 2.24) is 10.6 Å². The summed E-state index contributed by atoms with van der Waals surface area (Å²) >= 11 is 0.